The first-order valence-electron chi connectivity index (χ1n) is 4.16. The van der Waals surface area contributed by atoms with Gasteiger partial charge in [-0.25, -0.2) is 0 Å². The van der Waals surface area contributed by atoms with Crippen molar-refractivity contribution in [1.29, 1.82) is 0 Å². The van der Waals surface area contributed by atoms with Crippen LogP contribution in [0.25, 0.3) is 0 Å². The highest BCUT2D eigenvalue weighted by molar-refractivity contribution is 9.09. The van der Waals surface area contributed by atoms with Crippen LogP contribution < -0.4 is 24.0 Å². The van der Waals surface area contributed by atoms with Gasteiger partial charge in [0.1, 0.15) is 0 Å². The minimum Gasteiger partial charge on any atom is -1.00 e. The monoisotopic (exact) mass is 333 g/mol. The molecular formula is C8H17BrIN. The lowest BCUT2D eigenvalue weighted by Crippen LogP contribution is -3.00. The van der Waals surface area contributed by atoms with Gasteiger partial charge in [-0.2, -0.15) is 0 Å². The molecule has 11 heavy (non-hydrogen) atoms. The topological polar surface area (TPSA) is 0 Å². The zero-order valence-electron chi connectivity index (χ0n) is 7.15. The van der Waals surface area contributed by atoms with Gasteiger partial charge in [0, 0.05) is 0 Å². The average molecular weight is 334 g/mol. The van der Waals surface area contributed by atoms with Gasteiger partial charge >= 0.3 is 0 Å². The van der Waals surface area contributed by atoms with Crippen LogP contribution in [0.15, 0.2) is 0 Å². The number of likely N-dealkylation sites (tertiary alicyclic amines) is 1. The van der Waals surface area contributed by atoms with E-state index in [0.29, 0.717) is 0 Å². The smallest absolute Gasteiger partial charge is 0.0883 e. The number of hydrogen-bond acceptors (Lipinski definition) is 0. The fourth-order valence-electron chi connectivity index (χ4n) is 1.70. The fraction of sp³-hybridized carbons (Fsp3) is 1.00. The van der Waals surface area contributed by atoms with E-state index in [2.05, 4.69) is 23.0 Å². The van der Waals surface area contributed by atoms with Crippen molar-refractivity contribution >= 4 is 15.9 Å². The van der Waals surface area contributed by atoms with Gasteiger partial charge in [0.05, 0.1) is 32.0 Å². The molecule has 0 N–H and O–H groups in total. The molecule has 3 heteroatoms. The first kappa shape index (κ1) is 12.2. The predicted octanol–water partition coefficient (Wildman–Crippen LogP) is -0.984. The van der Waals surface area contributed by atoms with Crippen LogP contribution >= 0.6 is 15.9 Å². The maximum Gasteiger partial charge on any atom is 0.0883 e. The number of rotatable bonds is 2. The van der Waals surface area contributed by atoms with Gasteiger partial charge in [-0.15, -0.1) is 0 Å². The number of halogens is 2. The van der Waals surface area contributed by atoms with E-state index in [-0.39, 0.29) is 24.0 Å². The van der Waals surface area contributed by atoms with Crippen LogP contribution in [0.3, 0.4) is 0 Å². The summed E-state index contributed by atoms with van der Waals surface area (Å²) in [6.45, 7) is 4.09. The summed E-state index contributed by atoms with van der Waals surface area (Å²) < 4.78 is 1.30. The standard InChI is InChI=1S/C8H17BrN.HI/c1-10(8-5-9)6-3-2-4-7-10;/h2-8H2,1H3;1H/q+1;/p-1. The molecule has 1 fully saturated rings. The van der Waals surface area contributed by atoms with E-state index in [9.17, 15) is 0 Å². The Balaban J connectivity index is 0.000001000. The minimum atomic E-state index is 0. The highest BCUT2D eigenvalue weighted by Crippen LogP contribution is 2.15. The second-order valence-corrected chi connectivity index (χ2v) is 4.33. The van der Waals surface area contributed by atoms with Crippen molar-refractivity contribution in [3.8, 4) is 0 Å². The Kier molecular flexibility index (Phi) is 6.37. The predicted molar refractivity (Wildman–Crippen MR) is 48.4 cm³/mol. The Morgan fingerprint density at radius 2 is 1.73 bits per heavy atom. The molecule has 1 heterocycles. The molecule has 1 aliphatic rings. The SMILES string of the molecule is C[N+]1(CCBr)CCCCC1.[I-]. The van der Waals surface area contributed by atoms with Crippen molar-refractivity contribution in [3.63, 3.8) is 0 Å². The van der Waals surface area contributed by atoms with Crippen molar-refractivity contribution in [2.75, 3.05) is 32.0 Å². The molecule has 1 rings (SSSR count). The van der Waals surface area contributed by atoms with E-state index in [1.54, 1.807) is 0 Å². The van der Waals surface area contributed by atoms with Gasteiger partial charge < -0.3 is 28.5 Å². The summed E-state index contributed by atoms with van der Waals surface area (Å²) >= 11 is 3.50. The molecule has 0 bridgehead atoms. The Morgan fingerprint density at radius 1 is 1.18 bits per heavy atom. The second kappa shape index (κ2) is 5.75. The lowest BCUT2D eigenvalue weighted by molar-refractivity contribution is -0.911. The summed E-state index contributed by atoms with van der Waals surface area (Å²) in [5.41, 5.74) is 0. The summed E-state index contributed by atoms with van der Waals surface area (Å²) in [4.78, 5) is 0. The van der Waals surface area contributed by atoms with E-state index in [1.807, 2.05) is 0 Å². The number of hydrogen-bond donors (Lipinski definition) is 0. The van der Waals surface area contributed by atoms with Crippen LogP contribution in [-0.2, 0) is 0 Å². The van der Waals surface area contributed by atoms with Gasteiger partial charge in [-0.05, 0) is 19.3 Å². The quantitative estimate of drug-likeness (QED) is 0.346. The summed E-state index contributed by atoms with van der Waals surface area (Å²) in [6.07, 6.45) is 4.32. The number of piperidine rings is 1. The maximum atomic E-state index is 3.50. The third-order valence-corrected chi connectivity index (χ3v) is 2.87. The normalized spacial score (nSPS) is 22.4. The van der Waals surface area contributed by atoms with E-state index >= 15 is 0 Å². The number of alkyl halides is 1. The third-order valence-electron chi connectivity index (χ3n) is 2.52. The van der Waals surface area contributed by atoms with E-state index in [4.69, 9.17) is 0 Å². The van der Waals surface area contributed by atoms with Gasteiger partial charge in [0.15, 0.2) is 0 Å². The second-order valence-electron chi connectivity index (χ2n) is 3.54. The zero-order chi connectivity index (χ0) is 7.45. The molecule has 0 aromatic carbocycles. The largest absolute Gasteiger partial charge is 1.00 e. The van der Waals surface area contributed by atoms with E-state index in [1.165, 1.54) is 43.4 Å². The molecule has 0 aromatic rings. The first-order valence-corrected chi connectivity index (χ1v) is 5.28. The lowest BCUT2D eigenvalue weighted by atomic mass is 10.1. The zero-order valence-corrected chi connectivity index (χ0v) is 10.9. The Labute approximate surface area is 95.3 Å². The lowest BCUT2D eigenvalue weighted by Gasteiger charge is -2.37. The van der Waals surface area contributed by atoms with Crippen LogP contribution in [0, 0.1) is 0 Å². The Bertz CT molecular complexity index is 96.8. The van der Waals surface area contributed by atoms with Crippen LogP contribution in [0.4, 0.5) is 0 Å². The molecule has 0 atom stereocenters. The molecule has 0 unspecified atom stereocenters. The van der Waals surface area contributed by atoms with Gasteiger partial charge in [-0.3, -0.25) is 0 Å². The molecule has 0 spiro atoms. The first-order chi connectivity index (χ1) is 4.77. The van der Waals surface area contributed by atoms with Crippen molar-refractivity contribution in [2.24, 2.45) is 0 Å². The molecule has 1 aliphatic heterocycles. The van der Waals surface area contributed by atoms with Crippen LogP contribution in [-0.4, -0.2) is 36.5 Å². The molecule has 1 saturated heterocycles. The Morgan fingerprint density at radius 3 is 2.18 bits per heavy atom. The molecule has 0 aromatic heterocycles. The average Bonchev–Trinajstić information content (AvgIpc) is 1.89. The van der Waals surface area contributed by atoms with Crippen LogP contribution in [0.1, 0.15) is 19.3 Å². The van der Waals surface area contributed by atoms with E-state index in [0.717, 1.165) is 5.33 Å². The summed E-state index contributed by atoms with van der Waals surface area (Å²) in [6, 6.07) is 0. The molecule has 0 radical (unpaired) electrons. The van der Waals surface area contributed by atoms with Crippen molar-refractivity contribution < 1.29 is 28.5 Å². The highest BCUT2D eigenvalue weighted by Gasteiger charge is 2.22. The molecule has 0 amide bonds. The van der Waals surface area contributed by atoms with E-state index < -0.39 is 0 Å². The fourth-order valence-corrected chi connectivity index (χ4v) is 2.56. The van der Waals surface area contributed by atoms with Crippen molar-refractivity contribution in [2.45, 2.75) is 19.3 Å². The summed E-state index contributed by atoms with van der Waals surface area (Å²) in [5, 5.41) is 1.16. The van der Waals surface area contributed by atoms with Gasteiger partial charge in [-0.1, -0.05) is 15.9 Å². The molecule has 0 saturated carbocycles. The number of quaternary nitrogens is 1. The molecule has 0 aliphatic carbocycles. The summed E-state index contributed by atoms with van der Waals surface area (Å²) in [5.74, 6) is 0. The van der Waals surface area contributed by atoms with Crippen LogP contribution in [0.2, 0.25) is 0 Å². The van der Waals surface area contributed by atoms with Crippen molar-refractivity contribution in [1.82, 2.24) is 0 Å². The Hall–Kier alpha value is 1.17. The number of nitrogens with zero attached hydrogens (tertiary/aromatic N) is 1. The van der Waals surface area contributed by atoms with Crippen LogP contribution in [0.5, 0.6) is 0 Å². The molecule has 68 valence electrons. The third kappa shape index (κ3) is 4.08. The maximum absolute atomic E-state index is 3.50. The van der Waals surface area contributed by atoms with Gasteiger partial charge in [0.25, 0.3) is 0 Å². The van der Waals surface area contributed by atoms with Gasteiger partial charge in [0.2, 0.25) is 0 Å². The summed E-state index contributed by atoms with van der Waals surface area (Å²) in [7, 11) is 2.38. The molecule has 1 nitrogen and oxygen atoms in total. The highest BCUT2D eigenvalue weighted by atomic mass is 127. The minimum absolute atomic E-state index is 0. The molecular weight excluding hydrogens is 317 g/mol. The van der Waals surface area contributed by atoms with Crippen molar-refractivity contribution in [3.05, 3.63) is 0 Å².